The molecule has 0 bridgehead atoms. The Morgan fingerprint density at radius 2 is 1.83 bits per heavy atom. The third kappa shape index (κ3) is 7.99. The lowest BCUT2D eigenvalue weighted by Crippen LogP contribution is -2.51. The number of carbonyl (C=O) groups excluding carboxylic acids is 2. The Labute approximate surface area is 209 Å². The second kappa shape index (κ2) is 12.6. The summed E-state index contributed by atoms with van der Waals surface area (Å²) in [5, 5.41) is 2.87. The van der Waals surface area contributed by atoms with E-state index < -0.39 is 28.5 Å². The number of rotatable bonds is 12. The molecule has 0 unspecified atom stereocenters. The Hall–Kier alpha value is -3.07. The Bertz CT molecular complexity index is 1130. The van der Waals surface area contributed by atoms with Crippen molar-refractivity contribution in [2.24, 2.45) is 0 Å². The molecule has 0 saturated heterocycles. The van der Waals surface area contributed by atoms with Gasteiger partial charge in [0.15, 0.2) is 0 Å². The molecule has 0 heterocycles. The van der Waals surface area contributed by atoms with Crippen LogP contribution in [0.1, 0.15) is 43.4 Å². The zero-order chi connectivity index (χ0) is 26.2. The molecule has 0 saturated carbocycles. The van der Waals surface area contributed by atoms with Crippen LogP contribution in [-0.4, -0.2) is 57.6 Å². The van der Waals surface area contributed by atoms with E-state index in [9.17, 15) is 18.0 Å². The van der Waals surface area contributed by atoms with E-state index >= 15 is 0 Å². The lowest BCUT2D eigenvalue weighted by molar-refractivity contribution is -0.139. The fraction of sp³-hybridized carbons (Fsp3) is 0.462. The number of sulfonamides is 1. The number of methoxy groups -OCH3 is 1. The second-order valence-electron chi connectivity index (χ2n) is 8.75. The Morgan fingerprint density at radius 1 is 1.11 bits per heavy atom. The molecule has 1 N–H and O–H groups in total. The highest BCUT2D eigenvalue weighted by Gasteiger charge is 2.30. The highest BCUT2D eigenvalue weighted by atomic mass is 32.2. The van der Waals surface area contributed by atoms with Gasteiger partial charge in [-0.1, -0.05) is 37.6 Å². The number of benzene rings is 2. The van der Waals surface area contributed by atoms with E-state index in [-0.39, 0.29) is 12.5 Å². The monoisotopic (exact) mass is 503 g/mol. The van der Waals surface area contributed by atoms with Crippen LogP contribution in [0.15, 0.2) is 42.5 Å². The van der Waals surface area contributed by atoms with Gasteiger partial charge in [-0.3, -0.25) is 13.9 Å². The van der Waals surface area contributed by atoms with E-state index in [1.165, 1.54) is 4.90 Å². The maximum Gasteiger partial charge on any atom is 0.244 e. The van der Waals surface area contributed by atoms with E-state index in [2.05, 4.69) is 5.32 Å². The number of aryl methyl sites for hydroxylation is 2. The topological polar surface area (TPSA) is 96.0 Å². The zero-order valence-corrected chi connectivity index (χ0v) is 22.3. The molecule has 0 spiro atoms. The summed E-state index contributed by atoms with van der Waals surface area (Å²) >= 11 is 0. The summed E-state index contributed by atoms with van der Waals surface area (Å²) in [5.41, 5.74) is 2.83. The van der Waals surface area contributed by atoms with Gasteiger partial charge in [-0.15, -0.1) is 0 Å². The maximum absolute atomic E-state index is 13.6. The minimum Gasteiger partial charge on any atom is -0.497 e. The molecule has 2 aromatic carbocycles. The van der Waals surface area contributed by atoms with Gasteiger partial charge < -0.3 is 15.0 Å². The molecule has 8 nitrogen and oxygen atoms in total. The molecule has 2 rings (SSSR count). The molecule has 2 amide bonds. The summed E-state index contributed by atoms with van der Waals surface area (Å²) in [5.74, 6) is -0.132. The Balaban J connectivity index is 2.41. The SMILES string of the molecule is CCCCNC(=O)[C@H](C)N(Cc1cccc(OC)c1)C(=O)CN(c1cc(C)ccc1C)S(C)(=O)=O. The van der Waals surface area contributed by atoms with Gasteiger partial charge in [0, 0.05) is 13.1 Å². The minimum absolute atomic E-state index is 0.128. The van der Waals surface area contributed by atoms with Crippen LogP contribution < -0.4 is 14.4 Å². The van der Waals surface area contributed by atoms with Crippen LogP contribution in [0, 0.1) is 13.8 Å². The number of hydrogen-bond donors (Lipinski definition) is 1. The number of amides is 2. The largest absolute Gasteiger partial charge is 0.497 e. The minimum atomic E-state index is -3.77. The number of carbonyl (C=O) groups is 2. The highest BCUT2D eigenvalue weighted by molar-refractivity contribution is 7.92. The van der Waals surface area contributed by atoms with E-state index in [1.807, 2.05) is 38.1 Å². The molecule has 0 aliphatic carbocycles. The normalized spacial score (nSPS) is 12.1. The molecule has 0 aliphatic heterocycles. The number of hydrogen-bond acceptors (Lipinski definition) is 5. The van der Waals surface area contributed by atoms with Crippen molar-refractivity contribution in [2.45, 2.75) is 53.1 Å². The highest BCUT2D eigenvalue weighted by Crippen LogP contribution is 2.25. The molecular formula is C26H37N3O5S. The first-order chi connectivity index (χ1) is 16.5. The van der Waals surface area contributed by atoms with Crippen molar-refractivity contribution in [3.05, 3.63) is 59.2 Å². The number of unbranched alkanes of at least 4 members (excludes halogenated alkanes) is 1. The van der Waals surface area contributed by atoms with Crippen molar-refractivity contribution in [3.63, 3.8) is 0 Å². The van der Waals surface area contributed by atoms with Crippen LogP contribution in [0.2, 0.25) is 0 Å². The average Bonchev–Trinajstić information content (AvgIpc) is 2.81. The van der Waals surface area contributed by atoms with Gasteiger partial charge in [-0.05, 0) is 62.1 Å². The van der Waals surface area contributed by atoms with Crippen LogP contribution in [0.3, 0.4) is 0 Å². The third-order valence-corrected chi connectivity index (χ3v) is 6.92. The van der Waals surface area contributed by atoms with Crippen molar-refractivity contribution in [2.75, 3.05) is 30.8 Å². The van der Waals surface area contributed by atoms with Crippen LogP contribution >= 0.6 is 0 Å². The van der Waals surface area contributed by atoms with E-state index in [1.54, 1.807) is 39.2 Å². The summed E-state index contributed by atoms with van der Waals surface area (Å²) in [4.78, 5) is 27.9. The van der Waals surface area contributed by atoms with Gasteiger partial charge in [-0.2, -0.15) is 0 Å². The molecule has 1 atom stereocenters. The van der Waals surface area contributed by atoms with E-state index in [0.717, 1.165) is 40.1 Å². The van der Waals surface area contributed by atoms with Crippen molar-refractivity contribution in [1.29, 1.82) is 0 Å². The molecule has 0 radical (unpaired) electrons. The second-order valence-corrected chi connectivity index (χ2v) is 10.7. The lowest BCUT2D eigenvalue weighted by Gasteiger charge is -2.32. The first-order valence-electron chi connectivity index (χ1n) is 11.7. The fourth-order valence-corrected chi connectivity index (χ4v) is 4.57. The van der Waals surface area contributed by atoms with Gasteiger partial charge in [0.2, 0.25) is 21.8 Å². The molecule has 35 heavy (non-hydrogen) atoms. The number of nitrogens with zero attached hydrogens (tertiary/aromatic N) is 2. The summed E-state index contributed by atoms with van der Waals surface area (Å²) in [6.07, 6.45) is 2.84. The number of nitrogens with one attached hydrogen (secondary N) is 1. The molecular weight excluding hydrogens is 466 g/mol. The number of anilines is 1. The molecule has 2 aromatic rings. The summed E-state index contributed by atoms with van der Waals surface area (Å²) in [7, 11) is -2.21. The maximum atomic E-state index is 13.6. The third-order valence-electron chi connectivity index (χ3n) is 5.80. The predicted octanol–water partition coefficient (Wildman–Crippen LogP) is 3.41. The smallest absolute Gasteiger partial charge is 0.244 e. The standard InChI is InChI=1S/C26H37N3O5S/c1-7-8-14-27-26(31)21(4)28(17-22-10-9-11-23(16-22)34-5)25(30)18-29(35(6,32)33)24-15-19(2)12-13-20(24)3/h9-13,15-16,21H,7-8,14,17-18H2,1-6H3,(H,27,31)/t21-/m0/s1. The molecule has 0 fully saturated rings. The summed E-state index contributed by atoms with van der Waals surface area (Å²) in [6, 6.07) is 11.9. The summed E-state index contributed by atoms with van der Waals surface area (Å²) < 4.78 is 31.9. The predicted molar refractivity (Wildman–Crippen MR) is 139 cm³/mol. The zero-order valence-electron chi connectivity index (χ0n) is 21.5. The van der Waals surface area contributed by atoms with Crippen molar-refractivity contribution in [3.8, 4) is 5.75 Å². The van der Waals surface area contributed by atoms with Gasteiger partial charge in [0.05, 0.1) is 19.1 Å². The van der Waals surface area contributed by atoms with E-state index in [4.69, 9.17) is 4.74 Å². The van der Waals surface area contributed by atoms with Crippen LogP contribution in [0.4, 0.5) is 5.69 Å². The first-order valence-corrected chi connectivity index (χ1v) is 13.6. The Kier molecular flexibility index (Phi) is 10.1. The summed E-state index contributed by atoms with van der Waals surface area (Å²) in [6.45, 7) is 7.57. The first kappa shape index (κ1) is 28.2. The quantitative estimate of drug-likeness (QED) is 0.448. The average molecular weight is 504 g/mol. The van der Waals surface area contributed by atoms with E-state index in [0.29, 0.717) is 18.0 Å². The van der Waals surface area contributed by atoms with Gasteiger partial charge in [0.25, 0.3) is 0 Å². The van der Waals surface area contributed by atoms with Crippen LogP contribution in [0.25, 0.3) is 0 Å². The Morgan fingerprint density at radius 3 is 2.46 bits per heavy atom. The fourth-order valence-electron chi connectivity index (χ4n) is 3.67. The molecule has 0 aromatic heterocycles. The molecule has 9 heteroatoms. The van der Waals surface area contributed by atoms with Crippen molar-refractivity contribution >= 4 is 27.5 Å². The van der Waals surface area contributed by atoms with Crippen LogP contribution in [-0.2, 0) is 26.2 Å². The molecule has 192 valence electrons. The van der Waals surface area contributed by atoms with Crippen molar-refractivity contribution in [1.82, 2.24) is 10.2 Å². The van der Waals surface area contributed by atoms with Crippen molar-refractivity contribution < 1.29 is 22.7 Å². The molecule has 0 aliphatic rings. The lowest BCUT2D eigenvalue weighted by atomic mass is 10.1. The van der Waals surface area contributed by atoms with Gasteiger partial charge in [-0.25, -0.2) is 8.42 Å². The number of ether oxygens (including phenoxy) is 1. The van der Waals surface area contributed by atoms with Gasteiger partial charge >= 0.3 is 0 Å². The van der Waals surface area contributed by atoms with Gasteiger partial charge in [0.1, 0.15) is 18.3 Å². The van der Waals surface area contributed by atoms with Crippen LogP contribution in [0.5, 0.6) is 5.75 Å².